The molecule has 1 N–H and O–H groups in total. The van der Waals surface area contributed by atoms with Gasteiger partial charge in [0.25, 0.3) is 5.91 Å². The first kappa shape index (κ1) is 21.1. The molecule has 0 saturated carbocycles. The summed E-state index contributed by atoms with van der Waals surface area (Å²) in [6, 6.07) is 15.5. The number of rotatable bonds is 7. The number of carbonyl (C=O) groups is 1. The third kappa shape index (κ3) is 4.50. The van der Waals surface area contributed by atoms with E-state index in [9.17, 15) is 13.2 Å². The number of carbonyl (C=O) groups excluding carboxylic acids is 1. The summed E-state index contributed by atoms with van der Waals surface area (Å²) in [5.41, 5.74) is 3.25. The van der Waals surface area contributed by atoms with Gasteiger partial charge in [-0.15, -0.1) is 0 Å². The molecule has 0 atom stereocenters. The molecular weight excluding hydrogens is 412 g/mol. The molecule has 31 heavy (non-hydrogen) atoms. The third-order valence-electron chi connectivity index (χ3n) is 5.42. The van der Waals surface area contributed by atoms with E-state index in [4.69, 9.17) is 0 Å². The topological polar surface area (TPSA) is 92.3 Å². The predicted octanol–water partition coefficient (Wildman–Crippen LogP) is 3.43. The summed E-state index contributed by atoms with van der Waals surface area (Å²) in [6.45, 7) is 2.45. The Hall–Kier alpha value is -3.10. The highest BCUT2D eigenvalue weighted by molar-refractivity contribution is 7.89. The molecule has 160 valence electrons. The molecule has 7 nitrogen and oxygen atoms in total. The fourth-order valence-electron chi connectivity index (χ4n) is 3.73. The molecule has 4 rings (SSSR count). The van der Waals surface area contributed by atoms with Crippen LogP contribution in [0.1, 0.15) is 40.5 Å². The highest BCUT2D eigenvalue weighted by atomic mass is 32.2. The second-order valence-electron chi connectivity index (χ2n) is 7.40. The zero-order valence-electron chi connectivity index (χ0n) is 17.3. The second-order valence-corrected chi connectivity index (χ2v) is 9.33. The van der Waals surface area contributed by atoms with Crippen molar-refractivity contribution in [2.45, 2.75) is 37.6 Å². The lowest BCUT2D eigenvalue weighted by molar-refractivity contribution is 0.102. The number of hydrogen-bond donors (Lipinski definition) is 1. The molecule has 0 saturated heterocycles. The normalized spacial score (nSPS) is 13.2. The van der Waals surface area contributed by atoms with Gasteiger partial charge in [0.05, 0.1) is 4.90 Å². The first-order valence-corrected chi connectivity index (χ1v) is 11.7. The van der Waals surface area contributed by atoms with Crippen LogP contribution in [0.2, 0.25) is 0 Å². The van der Waals surface area contributed by atoms with Crippen LogP contribution < -0.4 is 5.32 Å². The zero-order chi connectivity index (χ0) is 21.8. The van der Waals surface area contributed by atoms with Gasteiger partial charge in [0.2, 0.25) is 10.0 Å². The number of anilines is 1. The monoisotopic (exact) mass is 436 g/mol. The number of sulfonamides is 1. The van der Waals surface area contributed by atoms with Crippen LogP contribution in [0.3, 0.4) is 0 Å². The van der Waals surface area contributed by atoms with Gasteiger partial charge in [0.1, 0.15) is 12.1 Å². The average Bonchev–Trinajstić information content (AvgIpc) is 3.28. The van der Waals surface area contributed by atoms with Gasteiger partial charge in [-0.2, -0.15) is 4.31 Å². The van der Waals surface area contributed by atoms with E-state index >= 15 is 0 Å². The van der Waals surface area contributed by atoms with Gasteiger partial charge >= 0.3 is 0 Å². The van der Waals surface area contributed by atoms with Crippen molar-refractivity contribution in [3.05, 3.63) is 83.3 Å². The Morgan fingerprint density at radius 2 is 1.77 bits per heavy atom. The Morgan fingerprint density at radius 3 is 2.48 bits per heavy atom. The Bertz CT molecular complexity index is 1180. The maximum atomic E-state index is 13.1. The summed E-state index contributed by atoms with van der Waals surface area (Å²) in [5, 5.41) is 2.83. The molecule has 1 aromatic heterocycles. The molecule has 0 fully saturated rings. The summed E-state index contributed by atoms with van der Waals surface area (Å²) >= 11 is 0. The van der Waals surface area contributed by atoms with Crippen molar-refractivity contribution >= 4 is 21.7 Å². The zero-order valence-corrected chi connectivity index (χ0v) is 18.1. The van der Waals surface area contributed by atoms with Gasteiger partial charge in [-0.05, 0) is 49.1 Å². The summed E-state index contributed by atoms with van der Waals surface area (Å²) < 4.78 is 27.6. The van der Waals surface area contributed by atoms with Gasteiger partial charge in [-0.25, -0.2) is 18.4 Å². The summed E-state index contributed by atoms with van der Waals surface area (Å²) in [4.78, 5) is 21.3. The number of nitrogens with one attached hydrogen (secondary N) is 1. The average molecular weight is 437 g/mol. The molecule has 3 aromatic rings. The van der Waals surface area contributed by atoms with Crippen molar-refractivity contribution in [2.24, 2.45) is 0 Å². The number of aromatic nitrogens is 2. The quantitative estimate of drug-likeness (QED) is 0.613. The Kier molecular flexibility index (Phi) is 6.11. The first-order chi connectivity index (χ1) is 15.0. The summed E-state index contributed by atoms with van der Waals surface area (Å²) in [7, 11) is -3.68. The standard InChI is InChI=1S/C23H24N4O3S/c1-2-27(15-17-7-4-3-5-8-17)31(29,30)19-13-11-18(12-14-19)23(28)26-22-20-9-6-10-21(20)24-16-25-22/h3-5,7-8,11-14,16H,2,6,9-10,15H2,1H3,(H,24,25,26,28). The van der Waals surface area contributed by atoms with Crippen LogP contribution >= 0.6 is 0 Å². The van der Waals surface area contributed by atoms with Crippen molar-refractivity contribution in [1.29, 1.82) is 0 Å². The van der Waals surface area contributed by atoms with E-state index < -0.39 is 10.0 Å². The van der Waals surface area contributed by atoms with E-state index in [0.717, 1.165) is 36.1 Å². The Morgan fingerprint density at radius 1 is 1.03 bits per heavy atom. The molecule has 0 unspecified atom stereocenters. The Balaban J connectivity index is 1.50. The number of fused-ring (bicyclic) bond motifs is 1. The van der Waals surface area contributed by atoms with Crippen LogP contribution in [-0.4, -0.2) is 35.1 Å². The second kappa shape index (κ2) is 8.95. The van der Waals surface area contributed by atoms with Crippen LogP contribution in [-0.2, 0) is 29.4 Å². The minimum absolute atomic E-state index is 0.157. The largest absolute Gasteiger partial charge is 0.306 e. The van der Waals surface area contributed by atoms with Crippen molar-refractivity contribution < 1.29 is 13.2 Å². The van der Waals surface area contributed by atoms with Gasteiger partial charge in [0, 0.05) is 29.9 Å². The smallest absolute Gasteiger partial charge is 0.256 e. The minimum Gasteiger partial charge on any atom is -0.306 e. The van der Waals surface area contributed by atoms with Gasteiger partial charge in [0.15, 0.2) is 0 Å². The lowest BCUT2D eigenvalue weighted by atomic mass is 10.2. The van der Waals surface area contributed by atoms with Gasteiger partial charge in [-0.3, -0.25) is 4.79 Å². The summed E-state index contributed by atoms with van der Waals surface area (Å²) in [6.07, 6.45) is 4.20. The molecule has 1 heterocycles. The van der Waals surface area contributed by atoms with Crippen molar-refractivity contribution in [3.8, 4) is 0 Å². The van der Waals surface area contributed by atoms with Crippen LogP contribution in [0.5, 0.6) is 0 Å². The highest BCUT2D eigenvalue weighted by Crippen LogP contribution is 2.25. The molecule has 0 bridgehead atoms. The predicted molar refractivity (Wildman–Crippen MR) is 118 cm³/mol. The number of nitrogens with zero attached hydrogens (tertiary/aromatic N) is 3. The molecular formula is C23H24N4O3S. The third-order valence-corrected chi connectivity index (χ3v) is 7.35. The highest BCUT2D eigenvalue weighted by Gasteiger charge is 2.24. The summed E-state index contributed by atoms with van der Waals surface area (Å²) in [5.74, 6) is 0.206. The molecule has 2 aromatic carbocycles. The van der Waals surface area contributed by atoms with Crippen molar-refractivity contribution in [2.75, 3.05) is 11.9 Å². The molecule has 1 aliphatic carbocycles. The molecule has 0 spiro atoms. The minimum atomic E-state index is -3.68. The van der Waals surface area contributed by atoms with Crippen molar-refractivity contribution in [1.82, 2.24) is 14.3 Å². The van der Waals surface area contributed by atoms with Gasteiger partial charge in [-0.1, -0.05) is 37.3 Å². The maximum Gasteiger partial charge on any atom is 0.256 e. The molecule has 8 heteroatoms. The maximum absolute atomic E-state index is 13.1. The van der Waals surface area contributed by atoms with E-state index in [-0.39, 0.29) is 10.8 Å². The lowest BCUT2D eigenvalue weighted by Crippen LogP contribution is -2.30. The fraction of sp³-hybridized carbons (Fsp3) is 0.261. The first-order valence-electron chi connectivity index (χ1n) is 10.3. The van der Waals surface area contributed by atoms with Gasteiger partial charge < -0.3 is 5.32 Å². The molecule has 0 aliphatic heterocycles. The van der Waals surface area contributed by atoms with Crippen LogP contribution in [0.4, 0.5) is 5.82 Å². The van der Waals surface area contributed by atoms with E-state index in [0.29, 0.717) is 24.5 Å². The molecule has 0 radical (unpaired) electrons. The number of amides is 1. The van der Waals surface area contributed by atoms with Crippen LogP contribution in [0, 0.1) is 0 Å². The van der Waals surface area contributed by atoms with Crippen molar-refractivity contribution in [3.63, 3.8) is 0 Å². The Labute approximate surface area is 182 Å². The fourth-order valence-corrected chi connectivity index (χ4v) is 5.17. The molecule has 1 amide bonds. The SMILES string of the molecule is CCN(Cc1ccccc1)S(=O)(=O)c1ccc(C(=O)Nc2ncnc3c2CCC3)cc1. The van der Waals surface area contributed by atoms with Crippen LogP contribution in [0.25, 0.3) is 0 Å². The van der Waals surface area contributed by atoms with E-state index in [1.807, 2.05) is 37.3 Å². The molecule has 1 aliphatic rings. The lowest BCUT2D eigenvalue weighted by Gasteiger charge is -2.20. The number of benzene rings is 2. The van der Waals surface area contributed by atoms with E-state index in [2.05, 4.69) is 15.3 Å². The van der Waals surface area contributed by atoms with Crippen LogP contribution in [0.15, 0.2) is 65.8 Å². The van der Waals surface area contributed by atoms with E-state index in [1.54, 1.807) is 0 Å². The van der Waals surface area contributed by atoms with E-state index in [1.165, 1.54) is 34.9 Å². The number of hydrogen-bond acceptors (Lipinski definition) is 5. The number of aryl methyl sites for hydroxylation is 1.